The van der Waals surface area contributed by atoms with Crippen LogP contribution in [0.4, 0.5) is 0 Å². The molecule has 0 atom stereocenters. The number of nitrogens with zero attached hydrogens (tertiary/aromatic N) is 1. The molecule has 0 fully saturated rings. The van der Waals surface area contributed by atoms with Gasteiger partial charge in [-0.1, -0.05) is 6.92 Å². The minimum atomic E-state index is -0.458. The number of carbonyl (C=O) groups is 1. The molecule has 0 bridgehead atoms. The number of Topliss-reactive ketones (excluding diaryl/α,β-unsaturated/α-hetero) is 1. The maximum atomic E-state index is 12.6. The van der Waals surface area contributed by atoms with Crippen LogP contribution in [0.5, 0.6) is 17.2 Å². The van der Waals surface area contributed by atoms with Crippen molar-refractivity contribution in [3.8, 4) is 23.3 Å². The van der Waals surface area contributed by atoms with Crippen molar-refractivity contribution in [3.05, 3.63) is 29.0 Å². The predicted octanol–water partition coefficient (Wildman–Crippen LogP) is 2.73. The molecule has 0 spiro atoms. The number of ketones is 1. The first-order valence-electron chi connectivity index (χ1n) is 6.59. The Morgan fingerprint density at radius 2 is 1.64 bits per heavy atom. The first-order valence-corrected chi connectivity index (χ1v) is 6.59. The molecule has 0 unspecified atom stereocenters. The Bertz CT molecular complexity index is 597. The summed E-state index contributed by atoms with van der Waals surface area (Å²) in [5.74, 6) is 0.948. The van der Waals surface area contributed by atoms with Gasteiger partial charge in [-0.05, 0) is 12.1 Å². The highest BCUT2D eigenvalue weighted by Gasteiger charge is 2.22. The van der Waals surface area contributed by atoms with Crippen LogP contribution >= 0.6 is 0 Å². The van der Waals surface area contributed by atoms with E-state index in [0.717, 1.165) is 0 Å². The lowest BCUT2D eigenvalue weighted by Gasteiger charge is -2.14. The van der Waals surface area contributed by atoms with Gasteiger partial charge in [-0.3, -0.25) is 4.79 Å². The van der Waals surface area contributed by atoms with Crippen molar-refractivity contribution in [2.45, 2.75) is 13.3 Å². The first-order chi connectivity index (χ1) is 10.6. The second kappa shape index (κ2) is 7.93. The summed E-state index contributed by atoms with van der Waals surface area (Å²) in [6.07, 6.45) is 0.440. The fourth-order valence-corrected chi connectivity index (χ4v) is 2.02. The van der Waals surface area contributed by atoms with E-state index in [2.05, 4.69) is 0 Å². The summed E-state index contributed by atoms with van der Waals surface area (Å²) in [6, 6.07) is 4.91. The van der Waals surface area contributed by atoms with Crippen molar-refractivity contribution < 1.29 is 23.7 Å². The van der Waals surface area contributed by atoms with Crippen LogP contribution in [-0.2, 0) is 4.74 Å². The number of hydrogen-bond donors (Lipinski definition) is 0. The second-order valence-electron chi connectivity index (χ2n) is 4.21. The lowest BCUT2D eigenvalue weighted by molar-refractivity contribution is 0.103. The average Bonchev–Trinajstić information content (AvgIpc) is 2.57. The minimum Gasteiger partial charge on any atom is -0.500 e. The monoisotopic (exact) mass is 305 g/mol. The van der Waals surface area contributed by atoms with Crippen LogP contribution in [0, 0.1) is 11.3 Å². The largest absolute Gasteiger partial charge is 0.500 e. The van der Waals surface area contributed by atoms with Gasteiger partial charge in [-0.2, -0.15) is 5.26 Å². The van der Waals surface area contributed by atoms with E-state index < -0.39 is 5.78 Å². The lowest BCUT2D eigenvalue weighted by Crippen LogP contribution is -2.08. The van der Waals surface area contributed by atoms with Crippen LogP contribution in [0.1, 0.15) is 23.7 Å². The molecule has 6 nitrogen and oxygen atoms in total. The van der Waals surface area contributed by atoms with Gasteiger partial charge >= 0.3 is 0 Å². The fourth-order valence-electron chi connectivity index (χ4n) is 2.02. The van der Waals surface area contributed by atoms with Crippen LogP contribution in [0.2, 0.25) is 0 Å². The highest BCUT2D eigenvalue weighted by molar-refractivity contribution is 6.12. The SMILES string of the molecule is CCC(OC)=C(C#N)C(=O)c1cc(OC)c(OC)c(OC)c1. The van der Waals surface area contributed by atoms with Crippen molar-refractivity contribution in [1.82, 2.24) is 0 Å². The second-order valence-corrected chi connectivity index (χ2v) is 4.21. The Labute approximate surface area is 129 Å². The average molecular weight is 305 g/mol. The van der Waals surface area contributed by atoms with Gasteiger partial charge in [0.1, 0.15) is 17.4 Å². The number of nitriles is 1. The lowest BCUT2D eigenvalue weighted by atomic mass is 10.0. The summed E-state index contributed by atoms with van der Waals surface area (Å²) in [5.41, 5.74) is 0.216. The molecule has 0 aliphatic rings. The molecule has 0 saturated heterocycles. The number of rotatable bonds is 7. The van der Waals surface area contributed by atoms with Crippen LogP contribution in [-0.4, -0.2) is 34.2 Å². The molecule has 0 aliphatic heterocycles. The van der Waals surface area contributed by atoms with E-state index in [9.17, 15) is 10.1 Å². The molecule has 118 valence electrons. The quantitative estimate of drug-likeness (QED) is 0.333. The summed E-state index contributed by atoms with van der Waals surface area (Å²) < 4.78 is 20.7. The smallest absolute Gasteiger partial charge is 0.207 e. The van der Waals surface area contributed by atoms with Crippen molar-refractivity contribution in [3.63, 3.8) is 0 Å². The molecule has 6 heteroatoms. The number of benzene rings is 1. The Hall–Kier alpha value is -2.68. The third kappa shape index (κ3) is 3.31. The molecule has 22 heavy (non-hydrogen) atoms. The zero-order chi connectivity index (χ0) is 16.7. The molecule has 0 saturated carbocycles. The van der Waals surface area contributed by atoms with Crippen molar-refractivity contribution in [2.24, 2.45) is 0 Å². The summed E-state index contributed by atoms with van der Waals surface area (Å²) in [4.78, 5) is 12.6. The molecule has 0 radical (unpaired) electrons. The van der Waals surface area contributed by atoms with Gasteiger partial charge < -0.3 is 18.9 Å². The summed E-state index contributed by atoms with van der Waals surface area (Å²) >= 11 is 0. The molecular weight excluding hydrogens is 286 g/mol. The molecule has 1 aromatic rings. The number of ether oxygens (including phenoxy) is 4. The van der Waals surface area contributed by atoms with E-state index >= 15 is 0 Å². The van der Waals surface area contributed by atoms with E-state index in [1.165, 1.54) is 40.6 Å². The van der Waals surface area contributed by atoms with Crippen LogP contribution in [0.3, 0.4) is 0 Å². The molecular formula is C16H19NO5. The van der Waals surface area contributed by atoms with E-state index in [-0.39, 0.29) is 11.1 Å². The van der Waals surface area contributed by atoms with E-state index in [0.29, 0.717) is 29.4 Å². The Morgan fingerprint density at radius 1 is 1.09 bits per heavy atom. The zero-order valence-corrected chi connectivity index (χ0v) is 13.4. The number of hydrogen-bond acceptors (Lipinski definition) is 6. The van der Waals surface area contributed by atoms with Gasteiger partial charge in [0.2, 0.25) is 11.5 Å². The van der Waals surface area contributed by atoms with Gasteiger partial charge in [-0.15, -0.1) is 0 Å². The Kier molecular flexibility index (Phi) is 6.26. The first kappa shape index (κ1) is 17.4. The summed E-state index contributed by atoms with van der Waals surface area (Å²) in [7, 11) is 5.82. The molecule has 0 aliphatic carbocycles. The summed E-state index contributed by atoms with van der Waals surface area (Å²) in [6.45, 7) is 1.80. The van der Waals surface area contributed by atoms with Crippen molar-refractivity contribution in [1.29, 1.82) is 5.26 Å². The van der Waals surface area contributed by atoms with Crippen LogP contribution in [0.25, 0.3) is 0 Å². The highest BCUT2D eigenvalue weighted by Crippen LogP contribution is 2.38. The highest BCUT2D eigenvalue weighted by atomic mass is 16.5. The zero-order valence-electron chi connectivity index (χ0n) is 13.4. The van der Waals surface area contributed by atoms with Gasteiger partial charge in [0.15, 0.2) is 11.5 Å². The number of allylic oxidation sites excluding steroid dienone is 2. The molecule has 0 amide bonds. The number of carbonyl (C=O) groups excluding carboxylic acids is 1. The Morgan fingerprint density at radius 3 is 1.95 bits per heavy atom. The van der Waals surface area contributed by atoms with Crippen molar-refractivity contribution in [2.75, 3.05) is 28.4 Å². The van der Waals surface area contributed by atoms with E-state index in [1.54, 1.807) is 6.92 Å². The topological polar surface area (TPSA) is 77.8 Å². The van der Waals surface area contributed by atoms with Gasteiger partial charge in [0, 0.05) is 12.0 Å². The molecule has 0 heterocycles. The normalized spacial score (nSPS) is 11.1. The molecule has 1 aromatic carbocycles. The maximum absolute atomic E-state index is 12.6. The third-order valence-corrected chi connectivity index (χ3v) is 3.11. The van der Waals surface area contributed by atoms with Gasteiger partial charge in [0.05, 0.1) is 28.4 Å². The van der Waals surface area contributed by atoms with Crippen LogP contribution < -0.4 is 14.2 Å². The number of methoxy groups -OCH3 is 4. The fraction of sp³-hybridized carbons (Fsp3) is 0.375. The van der Waals surface area contributed by atoms with E-state index in [1.807, 2.05) is 6.07 Å². The molecule has 1 rings (SSSR count). The Balaban J connectivity index is 3.47. The molecule has 0 aromatic heterocycles. The van der Waals surface area contributed by atoms with Crippen LogP contribution in [0.15, 0.2) is 23.5 Å². The standard InChI is InChI=1S/C16H19NO5/c1-6-12(19-2)11(9-17)15(18)10-7-13(20-3)16(22-5)14(8-10)21-4/h7-8H,6H2,1-5H3. The van der Waals surface area contributed by atoms with E-state index in [4.69, 9.17) is 18.9 Å². The molecule has 0 N–H and O–H groups in total. The van der Waals surface area contributed by atoms with Gasteiger partial charge in [0.25, 0.3) is 0 Å². The predicted molar refractivity (Wildman–Crippen MR) is 80.4 cm³/mol. The third-order valence-electron chi connectivity index (χ3n) is 3.11. The van der Waals surface area contributed by atoms with Gasteiger partial charge in [-0.25, -0.2) is 0 Å². The minimum absolute atomic E-state index is 0.0423. The van der Waals surface area contributed by atoms with Crippen molar-refractivity contribution >= 4 is 5.78 Å². The maximum Gasteiger partial charge on any atom is 0.207 e. The summed E-state index contributed by atoms with van der Waals surface area (Å²) in [5, 5.41) is 9.25.